The van der Waals surface area contributed by atoms with Gasteiger partial charge in [0.05, 0.1) is 27.2 Å². The first-order valence-corrected chi connectivity index (χ1v) is 9.75. The summed E-state index contributed by atoms with van der Waals surface area (Å²) in [7, 11) is 0. The number of fused-ring (bicyclic) bond motifs is 2. The molecule has 1 N–H and O–H groups in total. The van der Waals surface area contributed by atoms with E-state index in [4.69, 9.17) is 4.52 Å². The molecule has 5 rings (SSSR count). The third-order valence-electron chi connectivity index (χ3n) is 5.11. The summed E-state index contributed by atoms with van der Waals surface area (Å²) in [6, 6.07) is 14.2. The van der Waals surface area contributed by atoms with Gasteiger partial charge in [0.1, 0.15) is 0 Å². The number of carbonyl (C=O) groups excluding carboxylic acids is 1. The van der Waals surface area contributed by atoms with E-state index < -0.39 is 0 Å². The molecule has 0 aliphatic heterocycles. The van der Waals surface area contributed by atoms with E-state index in [0.29, 0.717) is 34.8 Å². The smallest absolute Gasteiger partial charge is 0.259 e. The quantitative estimate of drug-likeness (QED) is 0.576. The van der Waals surface area contributed by atoms with Crippen molar-refractivity contribution in [3.8, 4) is 10.6 Å². The highest BCUT2D eigenvalue weighted by molar-refractivity contribution is 7.13. The molecule has 6 heteroatoms. The number of pyridine rings is 1. The predicted octanol–water partition coefficient (Wildman–Crippen LogP) is 4.33. The van der Waals surface area contributed by atoms with E-state index in [9.17, 15) is 4.79 Å². The molecule has 1 aliphatic rings. The third kappa shape index (κ3) is 2.73. The molecule has 5 nitrogen and oxygen atoms in total. The van der Waals surface area contributed by atoms with E-state index in [0.717, 1.165) is 17.0 Å². The van der Waals surface area contributed by atoms with Gasteiger partial charge in [0, 0.05) is 12.5 Å². The molecule has 0 fully saturated rings. The number of thiophene rings is 1. The molecule has 1 aromatic carbocycles. The van der Waals surface area contributed by atoms with Crippen LogP contribution in [0, 0.1) is 6.92 Å². The number of benzene rings is 1. The lowest BCUT2D eigenvalue weighted by atomic mass is 9.77. The first-order chi connectivity index (χ1) is 13.2. The van der Waals surface area contributed by atoms with Crippen LogP contribution in [0.5, 0.6) is 0 Å². The molecule has 1 amide bonds. The van der Waals surface area contributed by atoms with Crippen LogP contribution in [0.1, 0.15) is 33.1 Å². The molecular weight excluding hydrogens is 358 g/mol. The maximum Gasteiger partial charge on any atom is 0.259 e. The van der Waals surface area contributed by atoms with E-state index in [-0.39, 0.29) is 5.91 Å². The molecular formula is C21H17N3O2S. The lowest BCUT2D eigenvalue weighted by molar-refractivity contribution is 0.0951. The summed E-state index contributed by atoms with van der Waals surface area (Å²) < 4.78 is 5.35. The van der Waals surface area contributed by atoms with Crippen molar-refractivity contribution in [2.75, 3.05) is 6.54 Å². The molecule has 1 aliphatic carbocycles. The summed E-state index contributed by atoms with van der Waals surface area (Å²) in [6.45, 7) is 2.45. The van der Waals surface area contributed by atoms with E-state index in [2.05, 4.69) is 33.7 Å². The Morgan fingerprint density at radius 2 is 2.19 bits per heavy atom. The fraction of sp³-hybridized carbons (Fsp3) is 0.190. The zero-order valence-corrected chi connectivity index (χ0v) is 15.5. The summed E-state index contributed by atoms with van der Waals surface area (Å²) in [6.07, 6.45) is 1.01. The van der Waals surface area contributed by atoms with Gasteiger partial charge in [-0.25, -0.2) is 4.98 Å². The summed E-state index contributed by atoms with van der Waals surface area (Å²) >= 11 is 1.58. The fourth-order valence-electron chi connectivity index (χ4n) is 3.68. The maximum atomic E-state index is 13.0. The average Bonchev–Trinajstić information content (AvgIpc) is 3.32. The molecule has 0 saturated heterocycles. The van der Waals surface area contributed by atoms with Crippen LogP contribution in [0.4, 0.5) is 0 Å². The van der Waals surface area contributed by atoms with Gasteiger partial charge in [-0.15, -0.1) is 11.3 Å². The topological polar surface area (TPSA) is 68.0 Å². The standard InChI is InChI=1S/C21H17N3O2S/c1-12-19-16(10-17(18-7-4-8-27-18)23-21(19)26-24-12)20(25)22-11-14-9-13-5-2-3-6-15(13)14/h2-8,10,14H,9,11H2,1H3,(H,22,25)/t14-/m0/s1. The Labute approximate surface area is 160 Å². The number of nitrogens with one attached hydrogen (secondary N) is 1. The summed E-state index contributed by atoms with van der Waals surface area (Å²) in [5.41, 5.74) is 5.07. The van der Waals surface area contributed by atoms with Gasteiger partial charge in [-0.1, -0.05) is 35.5 Å². The van der Waals surface area contributed by atoms with E-state index in [1.165, 1.54) is 11.1 Å². The van der Waals surface area contributed by atoms with Gasteiger partial charge in [-0.2, -0.15) is 0 Å². The van der Waals surface area contributed by atoms with Crippen LogP contribution in [-0.2, 0) is 6.42 Å². The zero-order chi connectivity index (χ0) is 18.4. The minimum Gasteiger partial charge on any atom is -0.351 e. The van der Waals surface area contributed by atoms with Gasteiger partial charge in [-0.3, -0.25) is 4.79 Å². The highest BCUT2D eigenvalue weighted by Crippen LogP contribution is 2.34. The number of aryl methyl sites for hydroxylation is 1. The molecule has 4 aromatic rings. The molecule has 0 unspecified atom stereocenters. The van der Waals surface area contributed by atoms with Crippen LogP contribution in [-0.4, -0.2) is 22.6 Å². The van der Waals surface area contributed by atoms with Gasteiger partial charge in [-0.05, 0) is 42.0 Å². The number of hydrogen-bond acceptors (Lipinski definition) is 5. The Kier molecular flexibility index (Phi) is 3.79. The summed E-state index contributed by atoms with van der Waals surface area (Å²) in [5.74, 6) is 0.263. The molecule has 3 heterocycles. The summed E-state index contributed by atoms with van der Waals surface area (Å²) in [5, 5.41) is 9.76. The second-order valence-electron chi connectivity index (χ2n) is 6.79. The Bertz CT molecular complexity index is 1150. The first-order valence-electron chi connectivity index (χ1n) is 8.87. The van der Waals surface area contributed by atoms with Crippen molar-refractivity contribution >= 4 is 28.3 Å². The number of amides is 1. The van der Waals surface area contributed by atoms with Crippen molar-refractivity contribution in [2.45, 2.75) is 19.3 Å². The number of hydrogen-bond donors (Lipinski definition) is 1. The van der Waals surface area contributed by atoms with Gasteiger partial charge < -0.3 is 9.84 Å². The fourth-order valence-corrected chi connectivity index (χ4v) is 4.37. The second kappa shape index (κ2) is 6.32. The Hall–Kier alpha value is -2.99. The molecule has 134 valence electrons. The minimum absolute atomic E-state index is 0.115. The highest BCUT2D eigenvalue weighted by Gasteiger charge is 2.26. The normalized spacial score (nSPS) is 15.4. The molecule has 0 spiro atoms. The first kappa shape index (κ1) is 16.2. The summed E-state index contributed by atoms with van der Waals surface area (Å²) in [4.78, 5) is 18.5. The van der Waals surface area contributed by atoms with Crippen LogP contribution in [0.3, 0.4) is 0 Å². The largest absolute Gasteiger partial charge is 0.351 e. The van der Waals surface area contributed by atoms with Crippen molar-refractivity contribution in [3.63, 3.8) is 0 Å². The third-order valence-corrected chi connectivity index (χ3v) is 6.00. The predicted molar refractivity (Wildman–Crippen MR) is 105 cm³/mol. The van der Waals surface area contributed by atoms with E-state index >= 15 is 0 Å². The monoisotopic (exact) mass is 375 g/mol. The lowest BCUT2D eigenvalue weighted by Gasteiger charge is -2.30. The number of carbonyl (C=O) groups is 1. The van der Waals surface area contributed by atoms with Crippen LogP contribution in [0.2, 0.25) is 0 Å². The van der Waals surface area contributed by atoms with E-state index in [1.807, 2.05) is 36.6 Å². The van der Waals surface area contributed by atoms with E-state index in [1.54, 1.807) is 11.3 Å². The number of aromatic nitrogens is 2. The van der Waals surface area contributed by atoms with Crippen molar-refractivity contribution in [1.29, 1.82) is 0 Å². The van der Waals surface area contributed by atoms with Crippen LogP contribution in [0.25, 0.3) is 21.7 Å². The van der Waals surface area contributed by atoms with Crippen molar-refractivity contribution in [1.82, 2.24) is 15.5 Å². The van der Waals surface area contributed by atoms with Crippen molar-refractivity contribution in [2.24, 2.45) is 0 Å². The van der Waals surface area contributed by atoms with Gasteiger partial charge >= 0.3 is 0 Å². The molecule has 0 radical (unpaired) electrons. The average molecular weight is 375 g/mol. The molecule has 27 heavy (non-hydrogen) atoms. The van der Waals surface area contributed by atoms with Crippen molar-refractivity contribution in [3.05, 3.63) is 70.2 Å². The zero-order valence-electron chi connectivity index (χ0n) is 14.7. The highest BCUT2D eigenvalue weighted by atomic mass is 32.1. The Morgan fingerprint density at radius 1 is 1.30 bits per heavy atom. The van der Waals surface area contributed by atoms with Crippen LogP contribution in [0.15, 0.2) is 52.4 Å². The maximum absolute atomic E-state index is 13.0. The van der Waals surface area contributed by atoms with Crippen LogP contribution < -0.4 is 5.32 Å². The molecule has 0 bridgehead atoms. The Balaban J connectivity index is 1.45. The van der Waals surface area contributed by atoms with Crippen molar-refractivity contribution < 1.29 is 9.32 Å². The van der Waals surface area contributed by atoms with Crippen LogP contribution >= 0.6 is 11.3 Å². The SMILES string of the molecule is Cc1noc2nc(-c3cccs3)cc(C(=O)NC[C@@H]3Cc4ccccc43)c12. The molecule has 1 atom stereocenters. The Morgan fingerprint density at radius 3 is 3.00 bits per heavy atom. The minimum atomic E-state index is -0.115. The number of rotatable bonds is 4. The molecule has 0 saturated carbocycles. The van der Waals surface area contributed by atoms with Gasteiger partial charge in [0.15, 0.2) is 0 Å². The lowest BCUT2D eigenvalue weighted by Crippen LogP contribution is -2.33. The second-order valence-corrected chi connectivity index (χ2v) is 7.74. The number of nitrogens with zero attached hydrogens (tertiary/aromatic N) is 2. The van der Waals surface area contributed by atoms with Gasteiger partial charge in [0.2, 0.25) is 0 Å². The van der Waals surface area contributed by atoms with Gasteiger partial charge in [0.25, 0.3) is 11.6 Å². The molecule has 3 aromatic heterocycles.